The number of benzene rings is 2. The van der Waals surface area contributed by atoms with Gasteiger partial charge in [-0.05, 0) is 42.2 Å². The Morgan fingerprint density at radius 1 is 1.20 bits per heavy atom. The van der Waals surface area contributed by atoms with Gasteiger partial charge in [0.05, 0.1) is 31.8 Å². The number of fused-ring (bicyclic) bond motifs is 1. The molecule has 0 unspecified atom stereocenters. The van der Waals surface area contributed by atoms with Crippen LogP contribution in [0.15, 0.2) is 52.1 Å². The van der Waals surface area contributed by atoms with Crippen molar-refractivity contribution in [1.29, 1.82) is 5.26 Å². The number of hydrogen-bond acceptors (Lipinski definition) is 8. The van der Waals surface area contributed by atoms with Crippen LogP contribution in [0.4, 0.5) is 5.95 Å². The van der Waals surface area contributed by atoms with Gasteiger partial charge in [-0.25, -0.2) is 9.59 Å². The molecule has 0 radical (unpaired) electrons. The van der Waals surface area contributed by atoms with Crippen LogP contribution in [0.25, 0.3) is 11.2 Å². The number of nitrogens with zero attached hydrogens (tertiary/aromatic N) is 6. The van der Waals surface area contributed by atoms with E-state index in [1.54, 1.807) is 29.8 Å². The Bertz CT molecular complexity index is 1780. The second-order valence-electron chi connectivity index (χ2n) is 9.86. The van der Waals surface area contributed by atoms with Crippen LogP contribution < -0.4 is 26.6 Å². The van der Waals surface area contributed by atoms with Crippen molar-refractivity contribution in [2.75, 3.05) is 25.1 Å². The van der Waals surface area contributed by atoms with E-state index in [4.69, 9.17) is 15.5 Å². The second kappa shape index (κ2) is 10.7. The third-order valence-electron chi connectivity index (χ3n) is 7.26. The number of methoxy groups -OCH3 is 1. The van der Waals surface area contributed by atoms with E-state index in [-0.39, 0.29) is 41.6 Å². The summed E-state index contributed by atoms with van der Waals surface area (Å²) in [5, 5.41) is 19.1. The monoisotopic (exact) mass is 543 g/mol. The Morgan fingerprint density at radius 2 is 1.98 bits per heavy atom. The predicted molar refractivity (Wildman–Crippen MR) is 148 cm³/mol. The minimum atomic E-state index is -1.15. The Hall–Kier alpha value is -4.89. The molecule has 1 aliphatic rings. The molecule has 0 amide bonds. The number of ether oxygens (including phenoxy) is 1. The average Bonchev–Trinajstić information content (AvgIpc) is 3.33. The molecule has 1 saturated heterocycles. The molecule has 0 spiro atoms. The summed E-state index contributed by atoms with van der Waals surface area (Å²) in [6.45, 7) is 1.31. The number of carboxylic acid groups (broad SMARTS) is 1. The van der Waals surface area contributed by atoms with E-state index in [2.05, 4.69) is 6.07 Å². The van der Waals surface area contributed by atoms with Gasteiger partial charge in [0.2, 0.25) is 5.95 Å². The number of carbonyl (C=O) groups is 1. The maximum Gasteiger partial charge on any atom is 0.339 e. The van der Waals surface area contributed by atoms with Crippen molar-refractivity contribution in [1.82, 2.24) is 18.7 Å². The van der Waals surface area contributed by atoms with E-state index in [0.717, 1.165) is 17.4 Å². The Morgan fingerprint density at radius 3 is 2.67 bits per heavy atom. The Kier molecular flexibility index (Phi) is 7.15. The number of imidazole rings is 1. The van der Waals surface area contributed by atoms with Crippen molar-refractivity contribution in [2.24, 2.45) is 12.8 Å². The molecule has 0 bridgehead atoms. The molecule has 12 heteroatoms. The maximum atomic E-state index is 14.0. The lowest BCUT2D eigenvalue weighted by molar-refractivity contribution is 0.0693. The van der Waals surface area contributed by atoms with Crippen molar-refractivity contribution in [3.8, 4) is 11.8 Å². The quantitative estimate of drug-likeness (QED) is 0.352. The number of nitrogens with two attached hydrogens (primary N) is 1. The molecule has 2 aromatic carbocycles. The first-order valence-electron chi connectivity index (χ1n) is 12.8. The zero-order chi connectivity index (χ0) is 28.6. The molecule has 0 saturated carbocycles. The van der Waals surface area contributed by atoms with Gasteiger partial charge < -0.3 is 20.5 Å². The second-order valence-corrected chi connectivity index (χ2v) is 9.86. The van der Waals surface area contributed by atoms with Crippen LogP contribution in [0.1, 0.15) is 39.9 Å². The molecule has 2 aromatic heterocycles. The van der Waals surface area contributed by atoms with Crippen LogP contribution in [-0.2, 0) is 20.1 Å². The highest BCUT2D eigenvalue weighted by Crippen LogP contribution is 2.25. The van der Waals surface area contributed by atoms with Crippen LogP contribution in [0, 0.1) is 11.3 Å². The first kappa shape index (κ1) is 26.7. The Labute approximate surface area is 229 Å². The van der Waals surface area contributed by atoms with E-state index in [1.165, 1.54) is 23.8 Å². The van der Waals surface area contributed by atoms with Crippen molar-refractivity contribution >= 4 is 23.1 Å². The zero-order valence-corrected chi connectivity index (χ0v) is 22.2. The lowest BCUT2D eigenvalue weighted by Crippen LogP contribution is -2.44. The van der Waals surface area contributed by atoms with Gasteiger partial charge in [0.1, 0.15) is 11.3 Å². The van der Waals surface area contributed by atoms with Crippen LogP contribution in [0.2, 0.25) is 0 Å². The largest absolute Gasteiger partial charge is 0.496 e. The molecule has 40 heavy (non-hydrogen) atoms. The number of rotatable bonds is 7. The van der Waals surface area contributed by atoms with E-state index in [9.17, 15) is 24.8 Å². The van der Waals surface area contributed by atoms with E-state index < -0.39 is 17.2 Å². The molecule has 206 valence electrons. The number of piperidine rings is 1. The van der Waals surface area contributed by atoms with Gasteiger partial charge in [0, 0.05) is 26.2 Å². The number of aromatic nitrogens is 4. The summed E-state index contributed by atoms with van der Waals surface area (Å²) < 4.78 is 9.41. The number of anilines is 1. The number of aryl methyl sites for hydroxylation is 1. The fraction of sp³-hybridized carbons (Fsp3) is 0.321. The highest BCUT2D eigenvalue weighted by atomic mass is 16.5. The van der Waals surface area contributed by atoms with Crippen LogP contribution in [0.5, 0.6) is 5.75 Å². The number of aromatic carboxylic acids is 1. The van der Waals surface area contributed by atoms with Crippen LogP contribution >= 0.6 is 0 Å². The average molecular weight is 544 g/mol. The fourth-order valence-electron chi connectivity index (χ4n) is 5.21. The molecule has 4 aromatic rings. The van der Waals surface area contributed by atoms with Gasteiger partial charge in [0.25, 0.3) is 5.56 Å². The first-order chi connectivity index (χ1) is 19.2. The van der Waals surface area contributed by atoms with Crippen molar-refractivity contribution in [3.63, 3.8) is 0 Å². The van der Waals surface area contributed by atoms with Crippen molar-refractivity contribution in [2.45, 2.75) is 32.0 Å². The summed E-state index contributed by atoms with van der Waals surface area (Å²) in [7, 11) is 2.91. The number of carboxylic acids is 1. The number of hydrogen-bond donors (Lipinski definition) is 2. The molecular weight excluding hydrogens is 514 g/mol. The molecule has 1 aliphatic heterocycles. The predicted octanol–water partition coefficient (Wildman–Crippen LogP) is 1.50. The number of nitriles is 1. The topological polar surface area (TPSA) is 161 Å². The Balaban J connectivity index is 1.71. The summed E-state index contributed by atoms with van der Waals surface area (Å²) in [6, 6.07) is 13.7. The molecule has 1 fully saturated rings. The fourth-order valence-corrected chi connectivity index (χ4v) is 5.21. The molecule has 0 aliphatic carbocycles. The van der Waals surface area contributed by atoms with Crippen LogP contribution in [0.3, 0.4) is 0 Å². The van der Waals surface area contributed by atoms with Gasteiger partial charge in [-0.2, -0.15) is 10.2 Å². The highest BCUT2D eigenvalue weighted by molar-refractivity contribution is 5.91. The maximum absolute atomic E-state index is 14.0. The van der Waals surface area contributed by atoms with Gasteiger partial charge in [-0.15, -0.1) is 0 Å². The summed E-state index contributed by atoms with van der Waals surface area (Å²) >= 11 is 0. The van der Waals surface area contributed by atoms with Crippen molar-refractivity contribution < 1.29 is 14.6 Å². The highest BCUT2D eigenvalue weighted by Gasteiger charge is 2.27. The van der Waals surface area contributed by atoms with Gasteiger partial charge in [-0.3, -0.25) is 18.5 Å². The standard InChI is InChI=1S/C28H29N7O5/c1-32-24-23(25(36)35(28(32)39)14-17-9-10-21(26(37)38)22(12-17)40-2)34(15-19-7-4-3-6-18(19)13-29)27(31-24)33-11-5-8-20(30)16-33/h3-4,6-7,9-10,12,20H,5,8,11,14-16,30H2,1-2H3,(H,37,38)/t20-/m1/s1. The molecule has 5 rings (SSSR count). The molecule has 3 heterocycles. The normalized spacial score (nSPS) is 15.2. The summed E-state index contributed by atoms with van der Waals surface area (Å²) in [5.41, 5.74) is 7.27. The first-order valence-corrected chi connectivity index (χ1v) is 12.8. The molecular formula is C28H29N7O5. The lowest BCUT2D eigenvalue weighted by Gasteiger charge is -2.32. The molecule has 3 N–H and O–H groups in total. The third-order valence-corrected chi connectivity index (χ3v) is 7.26. The van der Waals surface area contributed by atoms with Gasteiger partial charge in [-0.1, -0.05) is 24.3 Å². The zero-order valence-electron chi connectivity index (χ0n) is 22.2. The van der Waals surface area contributed by atoms with E-state index in [0.29, 0.717) is 35.7 Å². The van der Waals surface area contributed by atoms with Gasteiger partial charge >= 0.3 is 11.7 Å². The summed E-state index contributed by atoms with van der Waals surface area (Å²) in [5.74, 6) is -0.516. The smallest absolute Gasteiger partial charge is 0.339 e. The molecule has 12 nitrogen and oxygen atoms in total. The summed E-state index contributed by atoms with van der Waals surface area (Å²) in [4.78, 5) is 45.7. The van der Waals surface area contributed by atoms with E-state index >= 15 is 0 Å². The molecule has 1 atom stereocenters. The van der Waals surface area contributed by atoms with Crippen LogP contribution in [-0.4, -0.2) is 56.0 Å². The minimum absolute atomic E-state index is 0.0273. The lowest BCUT2D eigenvalue weighted by atomic mass is 10.1. The van der Waals surface area contributed by atoms with Gasteiger partial charge in [0.15, 0.2) is 11.2 Å². The minimum Gasteiger partial charge on any atom is -0.496 e. The summed E-state index contributed by atoms with van der Waals surface area (Å²) in [6.07, 6.45) is 1.74. The van der Waals surface area contributed by atoms with Crippen molar-refractivity contribution in [3.05, 3.63) is 85.6 Å². The SMILES string of the molecule is COc1cc(Cn2c(=O)c3c(nc(N4CCC[C@@H](N)C4)n3Cc3ccccc3C#N)n(C)c2=O)ccc1C(=O)O. The van der Waals surface area contributed by atoms with E-state index in [1.807, 2.05) is 17.0 Å². The third kappa shape index (κ3) is 4.71.